The fraction of sp³-hybridized carbons (Fsp3) is 0.160. The number of halogens is 1. The fourth-order valence-electron chi connectivity index (χ4n) is 3.62. The summed E-state index contributed by atoms with van der Waals surface area (Å²) in [6.45, 7) is 2.06. The summed E-state index contributed by atoms with van der Waals surface area (Å²) in [5.74, 6) is -0.143. The highest BCUT2D eigenvalue weighted by molar-refractivity contribution is 9.10. The van der Waals surface area contributed by atoms with Gasteiger partial charge in [0.1, 0.15) is 11.9 Å². The first-order chi connectivity index (χ1) is 14.9. The minimum absolute atomic E-state index is 0.222. The third-order valence-electron chi connectivity index (χ3n) is 5.33. The Bertz CT molecular complexity index is 1120. The Morgan fingerprint density at radius 2 is 1.74 bits per heavy atom. The first-order valence-corrected chi connectivity index (χ1v) is 10.7. The summed E-state index contributed by atoms with van der Waals surface area (Å²) in [4.78, 5) is 11.8. The van der Waals surface area contributed by atoms with Crippen LogP contribution in [0.15, 0.2) is 77.3 Å². The fourth-order valence-corrected chi connectivity index (χ4v) is 3.99. The largest absolute Gasteiger partial charge is 0.508 e. The molecule has 0 aromatic heterocycles. The predicted octanol–water partition coefficient (Wildman–Crippen LogP) is 5.22. The zero-order chi connectivity index (χ0) is 22.0. The summed E-state index contributed by atoms with van der Waals surface area (Å²) in [5.41, 5.74) is 5.45. The minimum atomic E-state index is -0.367. The molecular weight excluding hydrogens is 456 g/mol. The van der Waals surface area contributed by atoms with Gasteiger partial charge in [-0.1, -0.05) is 57.9 Å². The number of rotatable bonds is 4. The molecule has 0 fully saturated rings. The van der Waals surface area contributed by atoms with Gasteiger partial charge in [-0.2, -0.15) is 0 Å². The SMILES string of the molecule is COC(=O)c1ccc(C2NC(c3ccc(C)cc3)=CC(c3cc(Br)ccc3O)N2)cc1. The second kappa shape index (κ2) is 8.96. The van der Waals surface area contributed by atoms with Gasteiger partial charge in [0.15, 0.2) is 0 Å². The molecule has 0 aliphatic carbocycles. The molecule has 158 valence electrons. The second-order valence-electron chi connectivity index (χ2n) is 7.48. The third kappa shape index (κ3) is 4.65. The van der Waals surface area contributed by atoms with Crippen molar-refractivity contribution < 1.29 is 14.6 Å². The number of aromatic hydroxyl groups is 1. The van der Waals surface area contributed by atoms with Crippen LogP contribution in [0.5, 0.6) is 5.75 Å². The number of phenols is 1. The number of phenolic OH excluding ortho intramolecular Hbond substituents is 1. The van der Waals surface area contributed by atoms with Crippen molar-refractivity contribution >= 4 is 27.6 Å². The smallest absolute Gasteiger partial charge is 0.337 e. The maximum Gasteiger partial charge on any atom is 0.337 e. The van der Waals surface area contributed by atoms with Crippen LogP contribution in [0, 0.1) is 6.92 Å². The number of aryl methyl sites for hydroxylation is 1. The molecule has 3 aromatic carbocycles. The lowest BCUT2D eigenvalue weighted by molar-refractivity contribution is 0.0600. The lowest BCUT2D eigenvalue weighted by atomic mass is 9.97. The molecule has 31 heavy (non-hydrogen) atoms. The van der Waals surface area contributed by atoms with Crippen molar-refractivity contribution in [1.82, 2.24) is 10.6 Å². The normalized spacial score (nSPS) is 18.1. The minimum Gasteiger partial charge on any atom is -0.508 e. The van der Waals surface area contributed by atoms with Gasteiger partial charge in [0.2, 0.25) is 0 Å². The number of methoxy groups -OCH3 is 1. The van der Waals surface area contributed by atoms with Gasteiger partial charge in [-0.25, -0.2) is 4.79 Å². The van der Waals surface area contributed by atoms with E-state index in [1.807, 2.05) is 24.3 Å². The Kier molecular flexibility index (Phi) is 6.11. The van der Waals surface area contributed by atoms with E-state index in [-0.39, 0.29) is 23.9 Å². The van der Waals surface area contributed by atoms with Crippen molar-refractivity contribution in [2.45, 2.75) is 19.1 Å². The summed E-state index contributed by atoms with van der Waals surface area (Å²) < 4.78 is 5.69. The van der Waals surface area contributed by atoms with Crippen LogP contribution in [0.3, 0.4) is 0 Å². The number of carbonyl (C=O) groups excluding carboxylic acids is 1. The van der Waals surface area contributed by atoms with E-state index in [0.717, 1.165) is 26.9 Å². The Morgan fingerprint density at radius 1 is 1.03 bits per heavy atom. The molecule has 0 spiro atoms. The van der Waals surface area contributed by atoms with E-state index >= 15 is 0 Å². The Balaban J connectivity index is 1.72. The molecule has 0 bridgehead atoms. The summed E-state index contributed by atoms with van der Waals surface area (Å²) in [5, 5.41) is 17.6. The average Bonchev–Trinajstić information content (AvgIpc) is 2.80. The van der Waals surface area contributed by atoms with Crippen LogP contribution in [-0.4, -0.2) is 18.2 Å². The summed E-state index contributed by atoms with van der Waals surface area (Å²) >= 11 is 3.50. The quantitative estimate of drug-likeness (QED) is 0.448. The van der Waals surface area contributed by atoms with Crippen LogP contribution in [0.1, 0.15) is 44.8 Å². The number of hydrogen-bond acceptors (Lipinski definition) is 5. The number of hydrogen-bond donors (Lipinski definition) is 3. The summed E-state index contributed by atoms with van der Waals surface area (Å²) in [6.07, 6.45) is 1.85. The van der Waals surface area contributed by atoms with E-state index in [9.17, 15) is 9.90 Å². The predicted molar refractivity (Wildman–Crippen MR) is 124 cm³/mol. The highest BCUT2D eigenvalue weighted by atomic mass is 79.9. The second-order valence-corrected chi connectivity index (χ2v) is 8.40. The molecule has 5 nitrogen and oxygen atoms in total. The summed E-state index contributed by atoms with van der Waals surface area (Å²) in [7, 11) is 1.37. The molecule has 3 N–H and O–H groups in total. The van der Waals surface area contributed by atoms with Crippen LogP contribution in [0.2, 0.25) is 0 Å². The van der Waals surface area contributed by atoms with E-state index in [2.05, 4.69) is 63.8 Å². The average molecular weight is 479 g/mol. The van der Waals surface area contributed by atoms with Gasteiger partial charge in [0.05, 0.1) is 18.7 Å². The molecule has 1 heterocycles. The van der Waals surface area contributed by atoms with Crippen molar-refractivity contribution in [3.63, 3.8) is 0 Å². The lowest BCUT2D eigenvalue weighted by Gasteiger charge is -2.33. The molecule has 0 saturated heterocycles. The molecule has 0 amide bonds. The number of esters is 1. The van der Waals surface area contributed by atoms with Crippen LogP contribution in [-0.2, 0) is 4.74 Å². The standard InChI is InChI=1S/C25H23BrN2O3/c1-15-3-5-16(6-4-15)21-14-22(20-13-19(26)11-12-23(20)29)28-24(27-21)17-7-9-18(10-8-17)25(30)31-2/h3-14,22,24,27-29H,1-2H3. The van der Waals surface area contributed by atoms with E-state index in [4.69, 9.17) is 4.74 Å². The van der Waals surface area contributed by atoms with Crippen molar-refractivity contribution in [3.8, 4) is 5.75 Å². The zero-order valence-corrected chi connectivity index (χ0v) is 18.8. The van der Waals surface area contributed by atoms with E-state index in [0.29, 0.717) is 5.56 Å². The van der Waals surface area contributed by atoms with Crippen molar-refractivity contribution in [2.24, 2.45) is 0 Å². The Hall–Kier alpha value is -3.09. The third-order valence-corrected chi connectivity index (χ3v) is 5.82. The van der Waals surface area contributed by atoms with Crippen LogP contribution < -0.4 is 10.6 Å². The number of nitrogens with one attached hydrogen (secondary N) is 2. The molecular formula is C25H23BrN2O3. The molecule has 1 aliphatic heterocycles. The van der Waals surface area contributed by atoms with Crippen LogP contribution in [0.4, 0.5) is 0 Å². The molecule has 2 atom stereocenters. The number of benzene rings is 3. The molecule has 1 aliphatic rings. The van der Waals surface area contributed by atoms with Gasteiger partial charge in [-0.05, 0) is 54.5 Å². The first kappa shape index (κ1) is 21.2. The van der Waals surface area contributed by atoms with Gasteiger partial charge in [-0.15, -0.1) is 0 Å². The van der Waals surface area contributed by atoms with E-state index in [1.54, 1.807) is 18.2 Å². The van der Waals surface area contributed by atoms with E-state index in [1.165, 1.54) is 12.7 Å². The maximum absolute atomic E-state index is 11.8. The molecule has 0 radical (unpaired) electrons. The van der Waals surface area contributed by atoms with Crippen molar-refractivity contribution in [1.29, 1.82) is 0 Å². The van der Waals surface area contributed by atoms with Gasteiger partial charge < -0.3 is 15.2 Å². The Morgan fingerprint density at radius 3 is 2.42 bits per heavy atom. The first-order valence-electron chi connectivity index (χ1n) is 9.93. The van der Waals surface area contributed by atoms with Gasteiger partial charge in [0.25, 0.3) is 0 Å². The van der Waals surface area contributed by atoms with Crippen molar-refractivity contribution in [2.75, 3.05) is 7.11 Å². The maximum atomic E-state index is 11.8. The Labute approximate surface area is 189 Å². The zero-order valence-electron chi connectivity index (χ0n) is 17.2. The number of ether oxygens (including phenoxy) is 1. The monoisotopic (exact) mass is 478 g/mol. The van der Waals surface area contributed by atoms with Gasteiger partial charge >= 0.3 is 5.97 Å². The lowest BCUT2D eigenvalue weighted by Crippen LogP contribution is -2.39. The molecule has 3 aromatic rings. The molecule has 0 saturated carbocycles. The van der Waals surface area contributed by atoms with Gasteiger partial charge in [-0.3, -0.25) is 5.32 Å². The van der Waals surface area contributed by atoms with Gasteiger partial charge in [0, 0.05) is 15.7 Å². The molecule has 6 heteroatoms. The summed E-state index contributed by atoms with van der Waals surface area (Å²) in [6, 6.07) is 20.8. The number of carbonyl (C=O) groups is 1. The molecule has 4 rings (SSSR count). The highest BCUT2D eigenvalue weighted by Crippen LogP contribution is 2.34. The molecule has 2 unspecified atom stereocenters. The van der Waals surface area contributed by atoms with Crippen molar-refractivity contribution in [3.05, 3.63) is 105 Å². The topological polar surface area (TPSA) is 70.6 Å². The van der Waals surface area contributed by atoms with Crippen LogP contribution >= 0.6 is 15.9 Å². The highest BCUT2D eigenvalue weighted by Gasteiger charge is 2.26. The van der Waals surface area contributed by atoms with Crippen LogP contribution in [0.25, 0.3) is 5.70 Å². The van der Waals surface area contributed by atoms with E-state index < -0.39 is 0 Å².